The van der Waals surface area contributed by atoms with Gasteiger partial charge in [0, 0.05) is 12.0 Å². The number of ether oxygens (including phenoxy) is 1. The van der Waals surface area contributed by atoms with E-state index in [0.717, 1.165) is 28.3 Å². The van der Waals surface area contributed by atoms with Crippen molar-refractivity contribution in [3.63, 3.8) is 0 Å². The van der Waals surface area contributed by atoms with E-state index >= 15 is 0 Å². The van der Waals surface area contributed by atoms with Crippen LogP contribution in [0.1, 0.15) is 31.2 Å². The van der Waals surface area contributed by atoms with Gasteiger partial charge < -0.3 is 9.15 Å². The maximum atomic E-state index is 5.64. The summed E-state index contributed by atoms with van der Waals surface area (Å²) < 4.78 is 10.9. The fourth-order valence-corrected chi connectivity index (χ4v) is 1.54. The summed E-state index contributed by atoms with van der Waals surface area (Å²) in [7, 11) is 1.66. The average Bonchev–Trinajstić information content (AvgIpc) is 2.59. The van der Waals surface area contributed by atoms with Gasteiger partial charge in [0.05, 0.1) is 7.11 Å². The maximum Gasteiger partial charge on any atom is 0.198 e. The number of benzene rings is 1. The Morgan fingerprint density at radius 2 is 2.07 bits per heavy atom. The van der Waals surface area contributed by atoms with Crippen LogP contribution >= 0.6 is 0 Å². The molecule has 0 fully saturated rings. The number of nitrogens with zero attached hydrogens (tertiary/aromatic N) is 1. The van der Waals surface area contributed by atoms with Gasteiger partial charge in [-0.25, -0.2) is 4.98 Å². The first kappa shape index (κ1) is 10.0. The van der Waals surface area contributed by atoms with E-state index in [0.29, 0.717) is 5.92 Å². The topological polar surface area (TPSA) is 35.3 Å². The Hall–Kier alpha value is -1.51. The van der Waals surface area contributed by atoms with E-state index in [1.807, 2.05) is 19.1 Å². The van der Waals surface area contributed by atoms with Crippen molar-refractivity contribution in [2.24, 2.45) is 0 Å². The molecule has 0 bridgehead atoms. The van der Waals surface area contributed by atoms with Gasteiger partial charge in [0.2, 0.25) is 0 Å². The third-order valence-corrected chi connectivity index (χ3v) is 2.42. The van der Waals surface area contributed by atoms with Gasteiger partial charge in [-0.2, -0.15) is 0 Å². The van der Waals surface area contributed by atoms with Gasteiger partial charge in [0.1, 0.15) is 11.3 Å². The van der Waals surface area contributed by atoms with Gasteiger partial charge in [-0.1, -0.05) is 13.8 Å². The third-order valence-electron chi connectivity index (χ3n) is 2.42. The number of hydrogen-bond donors (Lipinski definition) is 0. The van der Waals surface area contributed by atoms with Crippen LogP contribution in [0, 0.1) is 6.92 Å². The Morgan fingerprint density at radius 1 is 1.33 bits per heavy atom. The van der Waals surface area contributed by atoms with Crippen LogP contribution in [0.15, 0.2) is 16.5 Å². The zero-order chi connectivity index (χ0) is 11.0. The summed E-state index contributed by atoms with van der Waals surface area (Å²) in [5.41, 5.74) is 2.76. The average molecular weight is 205 g/mol. The number of rotatable bonds is 2. The largest absolute Gasteiger partial charge is 0.496 e. The molecule has 0 saturated carbocycles. The number of methoxy groups -OCH3 is 1. The first-order valence-corrected chi connectivity index (χ1v) is 5.07. The molecular formula is C12H15NO2. The molecule has 0 atom stereocenters. The molecule has 1 aromatic carbocycles. The minimum atomic E-state index is 0.309. The molecule has 1 aromatic heterocycles. The van der Waals surface area contributed by atoms with E-state index in [-0.39, 0.29) is 0 Å². The minimum Gasteiger partial charge on any atom is -0.496 e. The van der Waals surface area contributed by atoms with Crippen LogP contribution in [0.25, 0.3) is 11.1 Å². The Kier molecular flexibility index (Phi) is 2.39. The second-order valence-corrected chi connectivity index (χ2v) is 4.00. The molecular weight excluding hydrogens is 190 g/mol. The maximum absolute atomic E-state index is 5.64. The van der Waals surface area contributed by atoms with E-state index in [1.165, 1.54) is 0 Å². The van der Waals surface area contributed by atoms with Crippen molar-refractivity contribution in [3.05, 3.63) is 23.6 Å². The standard InChI is InChI=1S/C12H15NO2/c1-7(2)12-13-9-6-10(14-4)8(3)5-11(9)15-12/h5-7H,1-4H3. The first-order chi connectivity index (χ1) is 7.11. The number of fused-ring (bicyclic) bond motifs is 1. The van der Waals surface area contributed by atoms with E-state index in [1.54, 1.807) is 7.11 Å². The predicted octanol–water partition coefficient (Wildman–Crippen LogP) is 3.27. The van der Waals surface area contributed by atoms with Crippen LogP contribution in [0.4, 0.5) is 0 Å². The highest BCUT2D eigenvalue weighted by molar-refractivity contribution is 5.76. The Bertz CT molecular complexity index is 486. The van der Waals surface area contributed by atoms with Crippen molar-refractivity contribution >= 4 is 11.1 Å². The zero-order valence-electron chi connectivity index (χ0n) is 9.50. The molecule has 0 unspecified atom stereocenters. The highest BCUT2D eigenvalue weighted by Crippen LogP contribution is 2.27. The lowest BCUT2D eigenvalue weighted by atomic mass is 10.2. The van der Waals surface area contributed by atoms with Gasteiger partial charge in [0.15, 0.2) is 11.5 Å². The molecule has 0 saturated heterocycles. The smallest absolute Gasteiger partial charge is 0.198 e. The summed E-state index contributed by atoms with van der Waals surface area (Å²) in [4.78, 5) is 4.42. The molecule has 0 spiro atoms. The van der Waals surface area contributed by atoms with Crippen LogP contribution in [0.3, 0.4) is 0 Å². The lowest BCUT2D eigenvalue weighted by Gasteiger charge is -2.01. The lowest BCUT2D eigenvalue weighted by molar-refractivity contribution is 0.412. The molecule has 15 heavy (non-hydrogen) atoms. The van der Waals surface area contributed by atoms with Crippen LogP contribution in [0.5, 0.6) is 5.75 Å². The molecule has 2 aromatic rings. The SMILES string of the molecule is COc1cc2nc(C(C)C)oc2cc1C. The monoisotopic (exact) mass is 205 g/mol. The molecule has 3 nitrogen and oxygen atoms in total. The number of aromatic nitrogens is 1. The van der Waals surface area contributed by atoms with E-state index < -0.39 is 0 Å². The highest BCUT2D eigenvalue weighted by Gasteiger charge is 2.11. The van der Waals surface area contributed by atoms with Crippen molar-refractivity contribution in [1.82, 2.24) is 4.98 Å². The summed E-state index contributed by atoms with van der Waals surface area (Å²) in [6.45, 7) is 6.12. The number of oxazole rings is 1. The Labute approximate surface area is 89.1 Å². The molecule has 0 N–H and O–H groups in total. The minimum absolute atomic E-state index is 0.309. The predicted molar refractivity (Wildman–Crippen MR) is 59.4 cm³/mol. The fourth-order valence-electron chi connectivity index (χ4n) is 1.54. The van der Waals surface area contributed by atoms with Gasteiger partial charge in [-0.3, -0.25) is 0 Å². The Morgan fingerprint density at radius 3 is 2.67 bits per heavy atom. The molecule has 3 heteroatoms. The van der Waals surface area contributed by atoms with Gasteiger partial charge in [0.25, 0.3) is 0 Å². The van der Waals surface area contributed by atoms with E-state index in [2.05, 4.69) is 18.8 Å². The van der Waals surface area contributed by atoms with Crippen molar-refractivity contribution < 1.29 is 9.15 Å². The zero-order valence-corrected chi connectivity index (χ0v) is 9.50. The Balaban J connectivity index is 2.61. The third kappa shape index (κ3) is 1.69. The molecule has 0 aliphatic rings. The number of aryl methyl sites for hydroxylation is 1. The van der Waals surface area contributed by atoms with Gasteiger partial charge >= 0.3 is 0 Å². The molecule has 80 valence electrons. The van der Waals surface area contributed by atoms with Crippen LogP contribution < -0.4 is 4.74 Å². The quantitative estimate of drug-likeness (QED) is 0.754. The van der Waals surface area contributed by atoms with Crippen molar-refractivity contribution in [2.75, 3.05) is 7.11 Å². The van der Waals surface area contributed by atoms with Crippen LogP contribution in [0.2, 0.25) is 0 Å². The molecule has 0 radical (unpaired) electrons. The van der Waals surface area contributed by atoms with Crippen LogP contribution in [-0.2, 0) is 0 Å². The molecule has 2 rings (SSSR count). The molecule has 0 aliphatic carbocycles. The summed E-state index contributed by atoms with van der Waals surface area (Å²) in [6, 6.07) is 3.88. The highest BCUT2D eigenvalue weighted by atomic mass is 16.5. The summed E-state index contributed by atoms with van der Waals surface area (Å²) in [5.74, 6) is 1.94. The number of hydrogen-bond acceptors (Lipinski definition) is 3. The molecule has 0 amide bonds. The van der Waals surface area contributed by atoms with Crippen LogP contribution in [-0.4, -0.2) is 12.1 Å². The fraction of sp³-hybridized carbons (Fsp3) is 0.417. The molecule has 0 aliphatic heterocycles. The van der Waals surface area contributed by atoms with Crippen molar-refractivity contribution in [1.29, 1.82) is 0 Å². The summed E-state index contributed by atoms with van der Waals surface area (Å²) in [6.07, 6.45) is 0. The van der Waals surface area contributed by atoms with E-state index in [4.69, 9.17) is 9.15 Å². The summed E-state index contributed by atoms with van der Waals surface area (Å²) in [5, 5.41) is 0. The molecule has 1 heterocycles. The van der Waals surface area contributed by atoms with Gasteiger partial charge in [-0.05, 0) is 18.6 Å². The van der Waals surface area contributed by atoms with Crippen molar-refractivity contribution in [3.8, 4) is 5.75 Å². The second-order valence-electron chi connectivity index (χ2n) is 4.00. The first-order valence-electron chi connectivity index (χ1n) is 5.07. The van der Waals surface area contributed by atoms with Crippen molar-refractivity contribution in [2.45, 2.75) is 26.7 Å². The van der Waals surface area contributed by atoms with Gasteiger partial charge in [-0.15, -0.1) is 0 Å². The second kappa shape index (κ2) is 3.57. The summed E-state index contributed by atoms with van der Waals surface area (Å²) >= 11 is 0. The lowest BCUT2D eigenvalue weighted by Crippen LogP contribution is -1.86. The van der Waals surface area contributed by atoms with E-state index in [9.17, 15) is 0 Å². The normalized spacial score (nSPS) is 11.3.